The van der Waals surface area contributed by atoms with Crippen molar-refractivity contribution < 1.29 is 0 Å². The number of aromatic nitrogens is 2. The lowest BCUT2D eigenvalue weighted by molar-refractivity contribution is 0.209. The Balaban J connectivity index is 2.18. The highest BCUT2D eigenvalue weighted by molar-refractivity contribution is 6.31. The standard InChI is InChI=1S/C14H21ClN4/c1-10(2)17-14(9-16)6-4-5-12(7-14)19-8-13(15)11(3)18-19/h8,10,12,17H,4-7H2,1-3H3. The van der Waals surface area contributed by atoms with Crippen LogP contribution in [0.5, 0.6) is 0 Å². The van der Waals surface area contributed by atoms with Crippen LogP contribution in [0.3, 0.4) is 0 Å². The maximum Gasteiger partial charge on any atom is 0.109 e. The SMILES string of the molecule is Cc1nn(C2CCCC(C#N)(NC(C)C)C2)cc1Cl. The highest BCUT2D eigenvalue weighted by Crippen LogP contribution is 2.36. The third-order valence-electron chi connectivity index (χ3n) is 3.73. The maximum atomic E-state index is 9.55. The molecule has 2 rings (SSSR count). The summed E-state index contributed by atoms with van der Waals surface area (Å²) in [5.41, 5.74) is 0.426. The summed E-state index contributed by atoms with van der Waals surface area (Å²) >= 11 is 6.07. The molecule has 0 radical (unpaired) electrons. The summed E-state index contributed by atoms with van der Waals surface area (Å²) < 4.78 is 1.94. The van der Waals surface area contributed by atoms with Crippen molar-refractivity contribution in [2.24, 2.45) is 0 Å². The second-order valence-corrected chi connectivity index (χ2v) is 6.19. The molecule has 19 heavy (non-hydrogen) atoms. The molecule has 1 fully saturated rings. The Morgan fingerprint density at radius 2 is 2.37 bits per heavy atom. The minimum atomic E-state index is -0.427. The molecule has 0 bridgehead atoms. The number of nitrogens with one attached hydrogen (secondary N) is 1. The zero-order valence-electron chi connectivity index (χ0n) is 11.8. The molecule has 2 unspecified atom stereocenters. The van der Waals surface area contributed by atoms with Crippen LogP contribution in [-0.4, -0.2) is 21.4 Å². The molecule has 0 spiro atoms. The normalized spacial score (nSPS) is 27.5. The summed E-state index contributed by atoms with van der Waals surface area (Å²) in [5, 5.41) is 18.1. The quantitative estimate of drug-likeness (QED) is 0.925. The summed E-state index contributed by atoms with van der Waals surface area (Å²) in [5.74, 6) is 0. The summed E-state index contributed by atoms with van der Waals surface area (Å²) in [6, 6.07) is 3.05. The predicted octanol–water partition coefficient (Wildman–Crippen LogP) is 3.22. The minimum Gasteiger partial charge on any atom is -0.297 e. The van der Waals surface area contributed by atoms with Crippen molar-refractivity contribution >= 4 is 11.6 Å². The van der Waals surface area contributed by atoms with Crippen LogP contribution in [0, 0.1) is 18.3 Å². The summed E-state index contributed by atoms with van der Waals surface area (Å²) in [6.45, 7) is 6.07. The van der Waals surface area contributed by atoms with Crippen molar-refractivity contribution in [3.8, 4) is 6.07 Å². The number of nitrogens with zero attached hydrogens (tertiary/aromatic N) is 3. The first-order valence-electron chi connectivity index (χ1n) is 6.86. The van der Waals surface area contributed by atoms with Gasteiger partial charge in [0.25, 0.3) is 0 Å². The van der Waals surface area contributed by atoms with Crippen molar-refractivity contribution in [1.29, 1.82) is 5.26 Å². The van der Waals surface area contributed by atoms with Gasteiger partial charge in [-0.1, -0.05) is 11.6 Å². The van der Waals surface area contributed by atoms with Crippen molar-refractivity contribution in [2.45, 2.75) is 64.1 Å². The van der Waals surface area contributed by atoms with Crippen molar-refractivity contribution in [1.82, 2.24) is 15.1 Å². The van der Waals surface area contributed by atoms with Gasteiger partial charge in [0.2, 0.25) is 0 Å². The number of hydrogen-bond acceptors (Lipinski definition) is 3. The van der Waals surface area contributed by atoms with Crippen LogP contribution in [0.4, 0.5) is 0 Å². The van der Waals surface area contributed by atoms with Gasteiger partial charge in [0, 0.05) is 18.7 Å². The minimum absolute atomic E-state index is 0.255. The second-order valence-electron chi connectivity index (χ2n) is 5.79. The van der Waals surface area contributed by atoms with E-state index in [0.717, 1.165) is 31.4 Å². The van der Waals surface area contributed by atoms with E-state index in [9.17, 15) is 5.26 Å². The largest absolute Gasteiger partial charge is 0.297 e. The van der Waals surface area contributed by atoms with Gasteiger partial charge in [0.05, 0.1) is 22.8 Å². The number of nitriles is 1. The van der Waals surface area contributed by atoms with Gasteiger partial charge in [-0.15, -0.1) is 0 Å². The van der Waals surface area contributed by atoms with Crippen LogP contribution in [0.15, 0.2) is 6.20 Å². The van der Waals surface area contributed by atoms with Gasteiger partial charge in [0.15, 0.2) is 0 Å². The Hall–Kier alpha value is -1.05. The third kappa shape index (κ3) is 3.10. The second kappa shape index (κ2) is 5.52. The van der Waals surface area contributed by atoms with Crippen molar-refractivity contribution in [2.75, 3.05) is 0 Å². The molecule has 1 N–H and O–H groups in total. The molecule has 104 valence electrons. The fourth-order valence-electron chi connectivity index (χ4n) is 2.94. The van der Waals surface area contributed by atoms with E-state index in [1.54, 1.807) is 0 Å². The third-order valence-corrected chi connectivity index (χ3v) is 4.11. The first kappa shape index (κ1) is 14.4. The fourth-order valence-corrected chi connectivity index (χ4v) is 3.07. The highest BCUT2D eigenvalue weighted by atomic mass is 35.5. The predicted molar refractivity (Wildman–Crippen MR) is 76.1 cm³/mol. The van der Waals surface area contributed by atoms with E-state index in [-0.39, 0.29) is 6.04 Å². The van der Waals surface area contributed by atoms with Crippen LogP contribution in [0.1, 0.15) is 51.3 Å². The number of halogens is 1. The average Bonchev–Trinajstić information content (AvgIpc) is 2.69. The molecule has 0 saturated heterocycles. The maximum absolute atomic E-state index is 9.55. The van der Waals surface area contributed by atoms with Crippen molar-refractivity contribution in [3.05, 3.63) is 16.9 Å². The molecule has 2 atom stereocenters. The van der Waals surface area contributed by atoms with Gasteiger partial charge >= 0.3 is 0 Å². The topological polar surface area (TPSA) is 53.6 Å². The number of aryl methyl sites for hydroxylation is 1. The smallest absolute Gasteiger partial charge is 0.109 e. The Labute approximate surface area is 119 Å². The lowest BCUT2D eigenvalue weighted by Gasteiger charge is -2.37. The zero-order valence-corrected chi connectivity index (χ0v) is 12.5. The van der Waals surface area contributed by atoms with E-state index in [0.29, 0.717) is 11.1 Å². The van der Waals surface area contributed by atoms with E-state index in [4.69, 9.17) is 11.6 Å². The van der Waals surface area contributed by atoms with E-state index in [1.165, 1.54) is 0 Å². The number of rotatable bonds is 3. The Bertz CT molecular complexity index is 469. The van der Waals surface area contributed by atoms with E-state index in [2.05, 4.69) is 30.3 Å². The van der Waals surface area contributed by atoms with Crippen LogP contribution < -0.4 is 5.32 Å². The fraction of sp³-hybridized carbons (Fsp3) is 0.714. The van der Waals surface area contributed by atoms with Gasteiger partial charge in [0.1, 0.15) is 5.54 Å². The molecule has 4 nitrogen and oxygen atoms in total. The average molecular weight is 281 g/mol. The summed E-state index contributed by atoms with van der Waals surface area (Å²) in [7, 11) is 0. The lowest BCUT2D eigenvalue weighted by Crippen LogP contribution is -2.50. The first-order chi connectivity index (χ1) is 8.96. The Morgan fingerprint density at radius 3 is 2.89 bits per heavy atom. The van der Waals surface area contributed by atoms with E-state index < -0.39 is 5.54 Å². The van der Waals surface area contributed by atoms with Crippen LogP contribution in [0.2, 0.25) is 5.02 Å². The zero-order chi connectivity index (χ0) is 14.0. The van der Waals surface area contributed by atoms with Gasteiger partial charge in [-0.25, -0.2) is 0 Å². The lowest BCUT2D eigenvalue weighted by atomic mass is 9.79. The molecule has 1 aliphatic rings. The molecule has 5 heteroatoms. The van der Waals surface area contributed by atoms with E-state index in [1.807, 2.05) is 17.8 Å². The summed E-state index contributed by atoms with van der Waals surface area (Å²) in [6.07, 6.45) is 5.67. The molecule has 1 saturated carbocycles. The molecule has 1 aromatic heterocycles. The van der Waals surface area contributed by atoms with Gasteiger partial charge in [-0.2, -0.15) is 10.4 Å². The summed E-state index contributed by atoms with van der Waals surface area (Å²) in [4.78, 5) is 0. The molecular weight excluding hydrogens is 260 g/mol. The van der Waals surface area contributed by atoms with E-state index >= 15 is 0 Å². The molecule has 0 amide bonds. The molecule has 1 heterocycles. The highest BCUT2D eigenvalue weighted by Gasteiger charge is 2.37. The monoisotopic (exact) mass is 280 g/mol. The van der Waals surface area contributed by atoms with Crippen LogP contribution in [0.25, 0.3) is 0 Å². The van der Waals surface area contributed by atoms with Crippen molar-refractivity contribution in [3.63, 3.8) is 0 Å². The molecule has 0 aromatic carbocycles. The molecule has 0 aliphatic heterocycles. The first-order valence-corrected chi connectivity index (χ1v) is 7.24. The molecule has 1 aromatic rings. The number of hydrogen-bond donors (Lipinski definition) is 1. The van der Waals surface area contributed by atoms with Crippen LogP contribution in [-0.2, 0) is 0 Å². The molecular formula is C14H21ClN4. The van der Waals surface area contributed by atoms with Crippen LogP contribution >= 0.6 is 11.6 Å². The van der Waals surface area contributed by atoms with Gasteiger partial charge < -0.3 is 0 Å². The Morgan fingerprint density at radius 1 is 1.63 bits per heavy atom. The molecule has 1 aliphatic carbocycles. The Kier molecular flexibility index (Phi) is 4.17. The van der Waals surface area contributed by atoms with Gasteiger partial charge in [-0.3, -0.25) is 10.00 Å². The van der Waals surface area contributed by atoms with Gasteiger partial charge in [-0.05, 0) is 40.0 Å².